The zero-order valence-electron chi connectivity index (χ0n) is 12.8. The highest BCUT2D eigenvalue weighted by Gasteiger charge is 2.17. The fourth-order valence-electron chi connectivity index (χ4n) is 2.14. The number of carboxylic acids is 1. The summed E-state index contributed by atoms with van der Waals surface area (Å²) in [5, 5.41) is 13.8. The summed E-state index contributed by atoms with van der Waals surface area (Å²) in [6, 6.07) is 11.5. The number of hydrogen-bond donors (Lipinski definition) is 1. The largest absolute Gasteiger partial charge is 0.477 e. The number of hydrogen-bond acceptors (Lipinski definition) is 2. The lowest BCUT2D eigenvalue weighted by atomic mass is 9.90. The van der Waals surface area contributed by atoms with E-state index in [1.54, 1.807) is 10.7 Å². The number of carboxylic acid groups (broad SMARTS) is 1. The van der Waals surface area contributed by atoms with Crippen molar-refractivity contribution in [3.05, 3.63) is 53.3 Å². The van der Waals surface area contributed by atoms with E-state index in [4.69, 9.17) is 0 Å². The van der Waals surface area contributed by atoms with Crippen molar-refractivity contribution in [3.8, 4) is 0 Å². The molecule has 1 N–H and O–H groups in total. The summed E-state index contributed by atoms with van der Waals surface area (Å²) in [7, 11) is 0. The summed E-state index contributed by atoms with van der Waals surface area (Å²) in [5.41, 5.74) is 2.36. The Morgan fingerprint density at radius 1 is 1.24 bits per heavy atom. The SMILES string of the molecule is CC(C)(C)CCc1cc(C(=O)O)n(Cc2ccccc2)n1. The van der Waals surface area contributed by atoms with Crippen molar-refractivity contribution in [1.82, 2.24) is 9.78 Å². The molecule has 2 aromatic rings. The minimum absolute atomic E-state index is 0.215. The Kier molecular flexibility index (Phi) is 4.46. The quantitative estimate of drug-likeness (QED) is 0.913. The molecule has 0 saturated carbocycles. The van der Waals surface area contributed by atoms with Gasteiger partial charge in [-0.05, 0) is 29.9 Å². The molecule has 4 heteroatoms. The standard InChI is InChI=1S/C17H22N2O2/c1-17(2,3)10-9-14-11-15(16(20)21)19(18-14)12-13-7-5-4-6-8-13/h4-8,11H,9-10,12H2,1-3H3,(H,20,21). The van der Waals surface area contributed by atoms with Gasteiger partial charge in [-0.25, -0.2) is 4.79 Å². The normalized spacial score (nSPS) is 11.6. The van der Waals surface area contributed by atoms with Gasteiger partial charge in [0, 0.05) is 0 Å². The summed E-state index contributed by atoms with van der Waals surface area (Å²) in [6.07, 6.45) is 1.78. The molecule has 4 nitrogen and oxygen atoms in total. The Bertz CT molecular complexity index is 609. The Balaban J connectivity index is 2.19. The molecule has 0 aliphatic rings. The molecule has 0 amide bonds. The van der Waals surface area contributed by atoms with Crippen LogP contribution in [-0.4, -0.2) is 20.9 Å². The number of rotatable bonds is 5. The minimum Gasteiger partial charge on any atom is -0.477 e. The number of carbonyl (C=O) groups is 1. The van der Waals surface area contributed by atoms with Crippen LogP contribution in [0.25, 0.3) is 0 Å². The van der Waals surface area contributed by atoms with Crippen LogP contribution in [0.2, 0.25) is 0 Å². The predicted octanol–water partition coefficient (Wildman–Crippen LogP) is 3.61. The molecule has 0 atom stereocenters. The number of aromatic carboxylic acids is 1. The molecular weight excluding hydrogens is 264 g/mol. The zero-order chi connectivity index (χ0) is 15.5. The maximum absolute atomic E-state index is 11.4. The first-order valence-corrected chi connectivity index (χ1v) is 7.19. The van der Waals surface area contributed by atoms with Gasteiger partial charge in [0.25, 0.3) is 0 Å². The third-order valence-electron chi connectivity index (χ3n) is 3.36. The van der Waals surface area contributed by atoms with Crippen LogP contribution in [0.1, 0.15) is 48.9 Å². The molecule has 2 rings (SSSR count). The maximum Gasteiger partial charge on any atom is 0.354 e. The molecule has 1 heterocycles. The van der Waals surface area contributed by atoms with Crippen molar-refractivity contribution < 1.29 is 9.90 Å². The van der Waals surface area contributed by atoms with Gasteiger partial charge in [0.05, 0.1) is 12.2 Å². The van der Waals surface area contributed by atoms with Gasteiger partial charge < -0.3 is 5.11 Å². The predicted molar refractivity (Wildman–Crippen MR) is 82.5 cm³/mol. The molecule has 0 fully saturated rings. The van der Waals surface area contributed by atoms with Crippen molar-refractivity contribution in [2.45, 2.75) is 40.2 Å². The van der Waals surface area contributed by atoms with E-state index in [9.17, 15) is 9.90 Å². The van der Waals surface area contributed by atoms with E-state index in [1.165, 1.54) is 0 Å². The Labute approximate surface area is 125 Å². The highest BCUT2D eigenvalue weighted by Crippen LogP contribution is 2.21. The molecule has 0 aliphatic heterocycles. The minimum atomic E-state index is -0.930. The van der Waals surface area contributed by atoms with Crippen LogP contribution in [0.5, 0.6) is 0 Å². The molecule has 112 valence electrons. The van der Waals surface area contributed by atoms with Crippen molar-refractivity contribution in [2.24, 2.45) is 5.41 Å². The average molecular weight is 286 g/mol. The van der Waals surface area contributed by atoms with Gasteiger partial charge in [-0.3, -0.25) is 4.68 Å². The molecule has 0 aliphatic carbocycles. The third kappa shape index (κ3) is 4.45. The molecule has 0 saturated heterocycles. The lowest BCUT2D eigenvalue weighted by molar-refractivity contribution is 0.0684. The van der Waals surface area contributed by atoms with Gasteiger partial charge in [0.15, 0.2) is 0 Å². The summed E-state index contributed by atoms with van der Waals surface area (Å²) in [5.74, 6) is -0.930. The van der Waals surface area contributed by atoms with E-state index in [0.717, 1.165) is 24.1 Å². The zero-order valence-corrected chi connectivity index (χ0v) is 12.8. The molecular formula is C17H22N2O2. The fourth-order valence-corrected chi connectivity index (χ4v) is 2.14. The van der Waals surface area contributed by atoms with Crippen LogP contribution in [0.3, 0.4) is 0 Å². The lowest BCUT2D eigenvalue weighted by Crippen LogP contribution is -2.11. The van der Waals surface area contributed by atoms with Gasteiger partial charge >= 0.3 is 5.97 Å². The van der Waals surface area contributed by atoms with Crippen LogP contribution >= 0.6 is 0 Å². The highest BCUT2D eigenvalue weighted by molar-refractivity contribution is 5.85. The average Bonchev–Trinajstić information content (AvgIpc) is 2.80. The maximum atomic E-state index is 11.4. The van der Waals surface area contributed by atoms with Crippen molar-refractivity contribution in [1.29, 1.82) is 0 Å². The molecule has 0 spiro atoms. The van der Waals surface area contributed by atoms with Crippen LogP contribution in [-0.2, 0) is 13.0 Å². The molecule has 21 heavy (non-hydrogen) atoms. The smallest absolute Gasteiger partial charge is 0.354 e. The molecule has 1 aromatic carbocycles. The summed E-state index contributed by atoms with van der Waals surface area (Å²) < 4.78 is 1.58. The highest BCUT2D eigenvalue weighted by atomic mass is 16.4. The Morgan fingerprint density at radius 3 is 2.48 bits per heavy atom. The monoisotopic (exact) mass is 286 g/mol. The van der Waals surface area contributed by atoms with E-state index in [2.05, 4.69) is 25.9 Å². The second kappa shape index (κ2) is 6.12. The van der Waals surface area contributed by atoms with Gasteiger partial charge in [-0.1, -0.05) is 51.1 Å². The summed E-state index contributed by atoms with van der Waals surface area (Å²) >= 11 is 0. The van der Waals surface area contributed by atoms with Crippen molar-refractivity contribution in [3.63, 3.8) is 0 Å². The Hall–Kier alpha value is -2.10. The van der Waals surface area contributed by atoms with E-state index >= 15 is 0 Å². The van der Waals surface area contributed by atoms with E-state index < -0.39 is 5.97 Å². The van der Waals surface area contributed by atoms with Crippen molar-refractivity contribution >= 4 is 5.97 Å². The van der Waals surface area contributed by atoms with Gasteiger partial charge in [-0.15, -0.1) is 0 Å². The second-order valence-electron chi connectivity index (χ2n) is 6.53. The van der Waals surface area contributed by atoms with Crippen LogP contribution < -0.4 is 0 Å². The number of aryl methyl sites for hydroxylation is 1. The van der Waals surface area contributed by atoms with E-state index in [0.29, 0.717) is 6.54 Å². The summed E-state index contributed by atoms with van der Waals surface area (Å²) in [6.45, 7) is 7.00. The van der Waals surface area contributed by atoms with Crippen LogP contribution in [0, 0.1) is 5.41 Å². The molecule has 0 unspecified atom stereocenters. The van der Waals surface area contributed by atoms with E-state index in [1.807, 2.05) is 30.3 Å². The lowest BCUT2D eigenvalue weighted by Gasteiger charge is -2.16. The van der Waals surface area contributed by atoms with Crippen LogP contribution in [0.4, 0.5) is 0 Å². The molecule has 1 aromatic heterocycles. The molecule has 0 radical (unpaired) electrons. The molecule has 0 bridgehead atoms. The van der Waals surface area contributed by atoms with Crippen molar-refractivity contribution in [2.75, 3.05) is 0 Å². The van der Waals surface area contributed by atoms with Gasteiger partial charge in [-0.2, -0.15) is 5.10 Å². The number of benzene rings is 1. The van der Waals surface area contributed by atoms with Gasteiger partial charge in [0.2, 0.25) is 0 Å². The summed E-state index contributed by atoms with van der Waals surface area (Å²) in [4.78, 5) is 11.4. The first kappa shape index (κ1) is 15.3. The number of nitrogens with zero attached hydrogens (tertiary/aromatic N) is 2. The number of aromatic nitrogens is 2. The van der Waals surface area contributed by atoms with Crippen LogP contribution in [0.15, 0.2) is 36.4 Å². The van der Waals surface area contributed by atoms with Gasteiger partial charge in [0.1, 0.15) is 5.69 Å². The first-order valence-electron chi connectivity index (χ1n) is 7.19. The van der Waals surface area contributed by atoms with E-state index in [-0.39, 0.29) is 11.1 Å². The fraction of sp³-hybridized carbons (Fsp3) is 0.412. The topological polar surface area (TPSA) is 55.1 Å². The first-order chi connectivity index (χ1) is 9.85. The second-order valence-corrected chi connectivity index (χ2v) is 6.53. The Morgan fingerprint density at radius 2 is 1.90 bits per heavy atom. The third-order valence-corrected chi connectivity index (χ3v) is 3.36.